The minimum absolute atomic E-state index is 0.302. The maximum absolute atomic E-state index is 11.5. The molecule has 21 heavy (non-hydrogen) atoms. The number of aromatic nitrogens is 2. The zero-order valence-corrected chi connectivity index (χ0v) is 11.6. The molecule has 1 aliphatic rings. The average Bonchev–Trinajstić information content (AvgIpc) is 2.87. The normalized spacial score (nSPS) is 17.7. The highest BCUT2D eigenvalue weighted by atomic mass is 16.5. The van der Waals surface area contributed by atoms with Gasteiger partial charge in [-0.25, -0.2) is 14.8 Å². The standard InChI is InChI=1S/C16H14N2O3/c1-10-7-14(21-15(10)19)13-6-4-3-5-12(13)11-8-17-16(20-2)18-9-11/h3-6,8-9,14H,1,7H2,2H3. The number of rotatable bonds is 3. The van der Waals surface area contributed by atoms with E-state index in [4.69, 9.17) is 9.47 Å². The van der Waals surface area contributed by atoms with Crippen molar-refractivity contribution >= 4 is 5.97 Å². The SMILES string of the molecule is C=C1CC(c2ccccc2-c2cnc(OC)nc2)OC1=O. The number of benzene rings is 1. The lowest BCUT2D eigenvalue weighted by molar-refractivity contribution is -0.139. The van der Waals surface area contributed by atoms with E-state index in [0.717, 1.165) is 16.7 Å². The third kappa shape index (κ3) is 2.50. The number of hydrogen-bond acceptors (Lipinski definition) is 5. The van der Waals surface area contributed by atoms with Crippen LogP contribution < -0.4 is 4.74 Å². The van der Waals surface area contributed by atoms with E-state index in [1.165, 1.54) is 7.11 Å². The third-order valence-corrected chi connectivity index (χ3v) is 3.40. The van der Waals surface area contributed by atoms with Crippen LogP contribution in [0.4, 0.5) is 0 Å². The molecule has 106 valence electrons. The first-order chi connectivity index (χ1) is 10.2. The Kier molecular flexibility index (Phi) is 3.39. The molecule has 0 saturated carbocycles. The van der Waals surface area contributed by atoms with Crippen molar-refractivity contribution in [2.24, 2.45) is 0 Å². The van der Waals surface area contributed by atoms with Crippen LogP contribution in [0.3, 0.4) is 0 Å². The van der Waals surface area contributed by atoms with Crippen molar-refractivity contribution in [2.75, 3.05) is 7.11 Å². The second kappa shape index (κ2) is 5.36. The van der Waals surface area contributed by atoms with Crippen LogP contribution in [-0.4, -0.2) is 23.0 Å². The summed E-state index contributed by atoms with van der Waals surface area (Å²) in [7, 11) is 1.52. The van der Waals surface area contributed by atoms with Gasteiger partial charge < -0.3 is 9.47 Å². The summed E-state index contributed by atoms with van der Waals surface area (Å²) in [4.78, 5) is 19.8. The first-order valence-corrected chi connectivity index (χ1v) is 6.53. The van der Waals surface area contributed by atoms with Gasteiger partial charge in [0.2, 0.25) is 0 Å². The lowest BCUT2D eigenvalue weighted by Gasteiger charge is -2.14. The molecule has 1 fully saturated rings. The number of carbonyl (C=O) groups is 1. The molecule has 1 saturated heterocycles. The summed E-state index contributed by atoms with van der Waals surface area (Å²) < 4.78 is 10.3. The highest BCUT2D eigenvalue weighted by Crippen LogP contribution is 2.37. The molecule has 5 heteroatoms. The maximum atomic E-state index is 11.5. The summed E-state index contributed by atoms with van der Waals surface area (Å²) in [5.41, 5.74) is 3.21. The lowest BCUT2D eigenvalue weighted by Crippen LogP contribution is -2.01. The Balaban J connectivity index is 1.99. The molecule has 0 bridgehead atoms. The van der Waals surface area contributed by atoms with Gasteiger partial charge in [-0.3, -0.25) is 0 Å². The summed E-state index contributed by atoms with van der Waals surface area (Å²) in [5, 5.41) is 0. The van der Waals surface area contributed by atoms with E-state index in [1.807, 2.05) is 24.3 Å². The van der Waals surface area contributed by atoms with Crippen molar-refractivity contribution < 1.29 is 14.3 Å². The maximum Gasteiger partial charge on any atom is 0.334 e. The third-order valence-electron chi connectivity index (χ3n) is 3.40. The Hall–Kier alpha value is -2.69. The quantitative estimate of drug-likeness (QED) is 0.640. The molecule has 1 unspecified atom stereocenters. The van der Waals surface area contributed by atoms with Gasteiger partial charge in [-0.05, 0) is 5.56 Å². The van der Waals surface area contributed by atoms with Gasteiger partial charge in [0.05, 0.1) is 7.11 Å². The topological polar surface area (TPSA) is 61.3 Å². The highest BCUT2D eigenvalue weighted by Gasteiger charge is 2.30. The Morgan fingerprint density at radius 2 is 2.00 bits per heavy atom. The number of nitrogens with zero attached hydrogens (tertiary/aromatic N) is 2. The monoisotopic (exact) mass is 282 g/mol. The van der Waals surface area contributed by atoms with Crippen LogP contribution in [-0.2, 0) is 9.53 Å². The van der Waals surface area contributed by atoms with Crippen LogP contribution >= 0.6 is 0 Å². The van der Waals surface area contributed by atoms with Crippen LogP contribution in [0.2, 0.25) is 0 Å². The molecule has 0 spiro atoms. The van der Waals surface area contributed by atoms with Gasteiger partial charge in [0.1, 0.15) is 6.10 Å². The summed E-state index contributed by atoms with van der Waals surface area (Å²) in [6.07, 6.45) is 3.59. The van der Waals surface area contributed by atoms with Crippen LogP contribution in [0.15, 0.2) is 48.8 Å². The van der Waals surface area contributed by atoms with Crippen molar-refractivity contribution in [1.29, 1.82) is 0 Å². The second-order valence-corrected chi connectivity index (χ2v) is 4.75. The zero-order chi connectivity index (χ0) is 14.8. The number of methoxy groups -OCH3 is 1. The van der Waals surface area contributed by atoms with Crippen LogP contribution in [0, 0.1) is 0 Å². The second-order valence-electron chi connectivity index (χ2n) is 4.75. The molecular weight excluding hydrogens is 268 g/mol. The predicted octanol–water partition coefficient (Wildman–Crippen LogP) is 2.70. The van der Waals surface area contributed by atoms with Gasteiger partial charge in [-0.1, -0.05) is 30.8 Å². The molecule has 0 N–H and O–H groups in total. The first kappa shape index (κ1) is 13.3. The molecule has 1 atom stereocenters. The summed E-state index contributed by atoms with van der Waals surface area (Å²) in [5.74, 6) is -0.333. The van der Waals surface area contributed by atoms with E-state index in [-0.39, 0.29) is 12.1 Å². The largest absolute Gasteiger partial charge is 0.467 e. The van der Waals surface area contributed by atoms with E-state index >= 15 is 0 Å². The summed E-state index contributed by atoms with van der Waals surface area (Å²) in [6.45, 7) is 3.72. The molecule has 1 aromatic heterocycles. The van der Waals surface area contributed by atoms with Gasteiger partial charge in [0.25, 0.3) is 0 Å². The van der Waals surface area contributed by atoms with Crippen LogP contribution in [0.25, 0.3) is 11.1 Å². The van der Waals surface area contributed by atoms with Crippen molar-refractivity contribution in [1.82, 2.24) is 9.97 Å². The summed E-state index contributed by atoms with van der Waals surface area (Å²) in [6, 6.07) is 8.05. The molecule has 5 nitrogen and oxygen atoms in total. The van der Waals surface area contributed by atoms with Crippen molar-refractivity contribution in [3.63, 3.8) is 0 Å². The molecule has 2 heterocycles. The fourth-order valence-electron chi connectivity index (χ4n) is 2.34. The van der Waals surface area contributed by atoms with E-state index in [0.29, 0.717) is 18.0 Å². The Morgan fingerprint density at radius 1 is 1.29 bits per heavy atom. The Morgan fingerprint density at radius 3 is 2.62 bits per heavy atom. The predicted molar refractivity (Wildman–Crippen MR) is 76.6 cm³/mol. The van der Waals surface area contributed by atoms with Gasteiger partial charge in [-0.15, -0.1) is 0 Å². The molecule has 1 aromatic carbocycles. The number of cyclic esters (lactones) is 1. The van der Waals surface area contributed by atoms with E-state index in [9.17, 15) is 4.79 Å². The average molecular weight is 282 g/mol. The number of esters is 1. The molecule has 0 aliphatic carbocycles. The van der Waals surface area contributed by atoms with Crippen LogP contribution in [0.5, 0.6) is 6.01 Å². The molecule has 3 rings (SSSR count). The first-order valence-electron chi connectivity index (χ1n) is 6.53. The van der Waals surface area contributed by atoms with Crippen molar-refractivity contribution in [3.8, 4) is 17.1 Å². The van der Waals surface area contributed by atoms with Crippen molar-refractivity contribution in [2.45, 2.75) is 12.5 Å². The number of hydrogen-bond donors (Lipinski definition) is 0. The fourth-order valence-corrected chi connectivity index (χ4v) is 2.34. The molecule has 1 aliphatic heterocycles. The number of carbonyl (C=O) groups excluding carboxylic acids is 1. The minimum atomic E-state index is -0.333. The van der Waals surface area contributed by atoms with Crippen molar-refractivity contribution in [3.05, 3.63) is 54.4 Å². The summed E-state index contributed by atoms with van der Waals surface area (Å²) >= 11 is 0. The Labute approximate surface area is 122 Å². The van der Waals surface area contributed by atoms with E-state index < -0.39 is 0 Å². The van der Waals surface area contributed by atoms with E-state index in [1.54, 1.807) is 12.4 Å². The molecule has 0 radical (unpaired) electrons. The van der Waals surface area contributed by atoms with E-state index in [2.05, 4.69) is 16.5 Å². The lowest BCUT2D eigenvalue weighted by atomic mass is 9.96. The molecular formula is C16H14N2O3. The zero-order valence-electron chi connectivity index (χ0n) is 11.6. The molecule has 2 aromatic rings. The van der Waals surface area contributed by atoms with Gasteiger partial charge in [-0.2, -0.15) is 0 Å². The smallest absolute Gasteiger partial charge is 0.334 e. The highest BCUT2D eigenvalue weighted by molar-refractivity contribution is 5.90. The van der Waals surface area contributed by atoms with Gasteiger partial charge >= 0.3 is 12.0 Å². The minimum Gasteiger partial charge on any atom is -0.467 e. The van der Waals surface area contributed by atoms with Gasteiger partial charge in [0.15, 0.2) is 0 Å². The Bertz CT molecular complexity index is 679. The van der Waals surface area contributed by atoms with Gasteiger partial charge in [0, 0.05) is 35.5 Å². The van der Waals surface area contributed by atoms with Crippen LogP contribution in [0.1, 0.15) is 18.1 Å². The fraction of sp³-hybridized carbons (Fsp3) is 0.188. The number of ether oxygens (including phenoxy) is 2. The molecule has 0 amide bonds.